The summed E-state index contributed by atoms with van der Waals surface area (Å²) in [6, 6.07) is -6.84. The van der Waals surface area contributed by atoms with Gasteiger partial charge in [-0.1, -0.05) is 0 Å². The van der Waals surface area contributed by atoms with E-state index in [2.05, 4.69) is 0 Å². The molecule has 23 heteroatoms. The molecular formula is C13H8F21NO. The molecule has 0 fully saturated rings. The Bertz CT molecular complexity index is 783. The van der Waals surface area contributed by atoms with Gasteiger partial charge in [-0.3, -0.25) is 0 Å². The van der Waals surface area contributed by atoms with Crippen LogP contribution < -0.4 is 0 Å². The van der Waals surface area contributed by atoms with Gasteiger partial charge in [-0.15, -0.1) is 0 Å². The molecule has 0 amide bonds. The standard InChI is InChI=1S/C13H8F21NO/c1-35(2-3-36)13(33,34)11(28,29)9(24,25)7(20,21)5(16,17)4(14,15)6(18,19)8(22,23)10(26,27)12(30,31)32/h36H,2-3H2,1H3. The van der Waals surface area contributed by atoms with E-state index in [1.165, 1.54) is 0 Å². The van der Waals surface area contributed by atoms with Crippen LogP contribution >= 0.6 is 0 Å². The minimum atomic E-state index is -9.19. The van der Waals surface area contributed by atoms with E-state index in [0.717, 1.165) is 0 Å². The van der Waals surface area contributed by atoms with Gasteiger partial charge < -0.3 is 5.11 Å². The fraction of sp³-hybridized carbons (Fsp3) is 1.00. The van der Waals surface area contributed by atoms with Crippen molar-refractivity contribution in [1.82, 2.24) is 4.90 Å². The van der Waals surface area contributed by atoms with Gasteiger partial charge in [-0.05, 0) is 7.05 Å². The molecule has 2 nitrogen and oxygen atoms in total. The maximum atomic E-state index is 13.6. The highest BCUT2D eigenvalue weighted by Gasteiger charge is 2.98. The molecule has 0 unspecified atom stereocenters. The number of nitrogens with zero attached hydrogens (tertiary/aromatic N) is 1. The van der Waals surface area contributed by atoms with Gasteiger partial charge in [0.15, 0.2) is 0 Å². The zero-order valence-corrected chi connectivity index (χ0v) is 16.2. The van der Waals surface area contributed by atoms with Gasteiger partial charge >= 0.3 is 59.6 Å². The van der Waals surface area contributed by atoms with Crippen LogP contribution in [-0.4, -0.2) is 89.8 Å². The molecule has 0 radical (unpaired) electrons. The molecule has 1 N–H and O–H groups in total. The number of aliphatic hydroxyl groups excluding tert-OH is 1. The number of rotatable bonds is 11. The normalized spacial score (nSPS) is 16.7. The van der Waals surface area contributed by atoms with Crippen molar-refractivity contribution in [1.29, 1.82) is 0 Å². The lowest BCUT2D eigenvalue weighted by molar-refractivity contribution is -0.477. The van der Waals surface area contributed by atoms with E-state index in [-0.39, 0.29) is 7.05 Å². The first-order chi connectivity index (χ1) is 15.2. The molecule has 0 aromatic carbocycles. The number of alkyl halides is 21. The topological polar surface area (TPSA) is 23.5 Å². The molecule has 0 saturated heterocycles. The van der Waals surface area contributed by atoms with Gasteiger partial charge in [0.1, 0.15) is 0 Å². The summed E-state index contributed by atoms with van der Waals surface area (Å²) in [4.78, 5) is -1.47. The second-order valence-electron chi connectivity index (χ2n) is 6.78. The Labute approximate surface area is 183 Å². The molecule has 0 spiro atoms. The summed E-state index contributed by atoms with van der Waals surface area (Å²) in [6.07, 6.45) is -8.01. The number of halogens is 21. The lowest BCUT2D eigenvalue weighted by atomic mass is 9.87. The monoisotopic (exact) mass is 593 g/mol. The van der Waals surface area contributed by atoms with Gasteiger partial charge in [-0.2, -0.15) is 92.2 Å². The zero-order valence-electron chi connectivity index (χ0n) is 16.2. The van der Waals surface area contributed by atoms with Crippen molar-refractivity contribution in [3.05, 3.63) is 0 Å². The predicted octanol–water partition coefficient (Wildman–Crippen LogP) is 6.15. The molecular weight excluding hydrogens is 585 g/mol. The van der Waals surface area contributed by atoms with Crippen LogP contribution in [0, 0.1) is 0 Å². The molecule has 0 rings (SSSR count). The van der Waals surface area contributed by atoms with Gasteiger partial charge in [0.25, 0.3) is 0 Å². The Kier molecular flexibility index (Phi) is 8.37. The van der Waals surface area contributed by atoms with Crippen molar-refractivity contribution in [2.75, 3.05) is 20.2 Å². The van der Waals surface area contributed by atoms with Crippen LogP contribution in [-0.2, 0) is 0 Å². The summed E-state index contributed by atoms with van der Waals surface area (Å²) in [7, 11) is -0.390. The Balaban J connectivity index is 7.06. The van der Waals surface area contributed by atoms with Crippen LogP contribution in [0.2, 0.25) is 0 Å². The quantitative estimate of drug-likeness (QED) is 0.230. The van der Waals surface area contributed by atoms with E-state index in [1.807, 2.05) is 0 Å². The lowest BCUT2D eigenvalue weighted by Crippen LogP contribution is -2.77. The SMILES string of the molecule is CN(CCO)C(F)(F)C(F)(F)C(F)(F)C(F)(F)C(F)(F)C(F)(F)C(F)(F)C(F)(F)C(F)(F)C(F)(F)F. The average molecular weight is 593 g/mol. The summed E-state index contributed by atoms with van der Waals surface area (Å²) >= 11 is 0. The van der Waals surface area contributed by atoms with E-state index >= 15 is 0 Å². The fourth-order valence-electron chi connectivity index (χ4n) is 2.08. The van der Waals surface area contributed by atoms with Crippen molar-refractivity contribution < 1.29 is 97.3 Å². The third-order valence-electron chi connectivity index (χ3n) is 4.41. The predicted molar refractivity (Wildman–Crippen MR) is 70.3 cm³/mol. The van der Waals surface area contributed by atoms with Crippen molar-refractivity contribution in [3.8, 4) is 0 Å². The summed E-state index contributed by atoms with van der Waals surface area (Å²) in [5.41, 5.74) is 0. The largest absolute Gasteiger partial charge is 0.460 e. The molecule has 0 saturated carbocycles. The molecule has 0 atom stereocenters. The van der Waals surface area contributed by atoms with Gasteiger partial charge in [-0.25, -0.2) is 4.90 Å². The molecule has 218 valence electrons. The maximum absolute atomic E-state index is 13.6. The molecule has 36 heavy (non-hydrogen) atoms. The van der Waals surface area contributed by atoms with E-state index in [4.69, 9.17) is 5.11 Å². The highest BCUT2D eigenvalue weighted by atomic mass is 19.4. The molecule has 0 aliphatic carbocycles. The summed E-state index contributed by atoms with van der Waals surface area (Å²) in [5.74, 6) is -70.4. The highest BCUT2D eigenvalue weighted by molar-refractivity contribution is 5.17. The first kappa shape index (κ1) is 34.4. The van der Waals surface area contributed by atoms with E-state index in [0.29, 0.717) is 0 Å². The Morgan fingerprint density at radius 1 is 0.417 bits per heavy atom. The van der Waals surface area contributed by atoms with Crippen LogP contribution in [0.3, 0.4) is 0 Å². The molecule has 0 aliphatic heterocycles. The minimum Gasteiger partial charge on any atom is -0.395 e. The summed E-state index contributed by atoms with van der Waals surface area (Å²) in [6.45, 7) is -3.54. The van der Waals surface area contributed by atoms with E-state index in [1.54, 1.807) is 0 Å². The number of hydrogen-bond donors (Lipinski definition) is 1. The Morgan fingerprint density at radius 3 is 0.861 bits per heavy atom. The molecule has 0 bridgehead atoms. The van der Waals surface area contributed by atoms with Gasteiger partial charge in [0, 0.05) is 6.54 Å². The number of aliphatic hydroxyl groups is 1. The zero-order chi connectivity index (χ0) is 30.0. The van der Waals surface area contributed by atoms with Crippen molar-refractivity contribution in [2.45, 2.75) is 59.6 Å². The maximum Gasteiger partial charge on any atom is 0.460 e. The van der Waals surface area contributed by atoms with Crippen LogP contribution in [0.5, 0.6) is 0 Å². The first-order valence-electron chi connectivity index (χ1n) is 8.02. The molecule has 0 aliphatic rings. The molecule has 0 aromatic rings. The van der Waals surface area contributed by atoms with Crippen LogP contribution in [0.15, 0.2) is 0 Å². The van der Waals surface area contributed by atoms with Gasteiger partial charge in [0.05, 0.1) is 6.61 Å². The second-order valence-corrected chi connectivity index (χ2v) is 6.78. The third-order valence-corrected chi connectivity index (χ3v) is 4.41. The first-order valence-corrected chi connectivity index (χ1v) is 8.02. The fourth-order valence-corrected chi connectivity index (χ4v) is 2.08. The van der Waals surface area contributed by atoms with E-state index < -0.39 is 77.7 Å². The van der Waals surface area contributed by atoms with Crippen molar-refractivity contribution in [2.24, 2.45) is 0 Å². The lowest BCUT2D eigenvalue weighted by Gasteiger charge is -2.45. The minimum absolute atomic E-state index is 0.390. The summed E-state index contributed by atoms with van der Waals surface area (Å²) in [5, 5.41) is 8.28. The van der Waals surface area contributed by atoms with Crippen LogP contribution in [0.25, 0.3) is 0 Å². The second kappa shape index (κ2) is 8.75. The number of likely N-dealkylation sites (N-methyl/N-ethyl adjacent to an activating group) is 1. The summed E-state index contributed by atoms with van der Waals surface area (Å²) < 4.78 is 276. The van der Waals surface area contributed by atoms with Crippen LogP contribution in [0.4, 0.5) is 92.2 Å². The molecule has 0 aromatic heterocycles. The molecule has 0 heterocycles. The number of hydrogen-bond acceptors (Lipinski definition) is 2. The Morgan fingerprint density at radius 2 is 0.639 bits per heavy atom. The Hall–Kier alpha value is -1.55. The van der Waals surface area contributed by atoms with E-state index in [9.17, 15) is 92.2 Å². The van der Waals surface area contributed by atoms with Crippen LogP contribution in [0.1, 0.15) is 0 Å². The van der Waals surface area contributed by atoms with Crippen molar-refractivity contribution >= 4 is 0 Å². The smallest absolute Gasteiger partial charge is 0.395 e. The highest BCUT2D eigenvalue weighted by Crippen LogP contribution is 2.66. The van der Waals surface area contributed by atoms with Gasteiger partial charge in [0.2, 0.25) is 0 Å². The van der Waals surface area contributed by atoms with Crippen molar-refractivity contribution in [3.63, 3.8) is 0 Å². The third kappa shape index (κ3) is 4.10. The average Bonchev–Trinajstić information content (AvgIpc) is 2.65.